The highest BCUT2D eigenvalue weighted by atomic mass is 127. The Morgan fingerprint density at radius 1 is 1.11 bits per heavy atom. The zero-order chi connectivity index (χ0) is 20.3. The number of nitrogens with zero attached hydrogens (tertiary/aromatic N) is 2. The van der Waals surface area contributed by atoms with Gasteiger partial charge in [-0.05, 0) is 52.0 Å². The molecule has 28 heavy (non-hydrogen) atoms. The maximum atomic E-state index is 12.1. The summed E-state index contributed by atoms with van der Waals surface area (Å²) in [5.41, 5.74) is -0.558. The number of likely N-dealkylation sites (N-methyl/N-ethyl adjacent to an activating group) is 1. The largest absolute Gasteiger partial charge is 0.497 e. The van der Waals surface area contributed by atoms with E-state index >= 15 is 0 Å². The lowest BCUT2D eigenvalue weighted by molar-refractivity contribution is -0.128. The molecule has 0 bridgehead atoms. The predicted octanol–water partition coefficient (Wildman–Crippen LogP) is 2.75. The monoisotopic (exact) mass is 506 g/mol. The van der Waals surface area contributed by atoms with E-state index in [-0.39, 0.29) is 29.9 Å². The number of rotatable bonds is 10. The van der Waals surface area contributed by atoms with Crippen molar-refractivity contribution in [1.82, 2.24) is 15.5 Å². The van der Waals surface area contributed by atoms with Gasteiger partial charge < -0.3 is 25.0 Å². The van der Waals surface area contributed by atoms with E-state index in [9.17, 15) is 4.79 Å². The van der Waals surface area contributed by atoms with E-state index in [0.29, 0.717) is 26.2 Å². The Morgan fingerprint density at radius 2 is 1.68 bits per heavy atom. The van der Waals surface area contributed by atoms with Crippen LogP contribution in [0.1, 0.15) is 27.7 Å². The number of methoxy groups -OCH3 is 1. The Kier molecular flexibility index (Phi) is 12.6. The molecule has 0 fully saturated rings. The summed E-state index contributed by atoms with van der Waals surface area (Å²) >= 11 is 0. The molecule has 160 valence electrons. The van der Waals surface area contributed by atoms with Gasteiger partial charge >= 0.3 is 0 Å². The molecular formula is C20H35IN4O3. The number of halogens is 1. The lowest BCUT2D eigenvalue weighted by Gasteiger charge is -2.25. The van der Waals surface area contributed by atoms with Gasteiger partial charge in [0, 0.05) is 20.1 Å². The highest BCUT2D eigenvalue weighted by Crippen LogP contribution is 2.17. The minimum absolute atomic E-state index is 0. The van der Waals surface area contributed by atoms with Gasteiger partial charge in [0.2, 0.25) is 5.91 Å². The van der Waals surface area contributed by atoms with Crippen LogP contribution in [0.3, 0.4) is 0 Å². The molecule has 1 amide bonds. The van der Waals surface area contributed by atoms with Crippen LogP contribution in [0.15, 0.2) is 29.3 Å². The minimum atomic E-state index is -0.558. The van der Waals surface area contributed by atoms with E-state index in [1.807, 2.05) is 63.9 Å². The molecule has 0 radical (unpaired) electrons. The molecule has 1 aromatic rings. The van der Waals surface area contributed by atoms with Gasteiger partial charge in [-0.1, -0.05) is 0 Å². The van der Waals surface area contributed by atoms with Crippen molar-refractivity contribution in [2.24, 2.45) is 10.4 Å². The van der Waals surface area contributed by atoms with Gasteiger partial charge in [0.25, 0.3) is 0 Å². The second-order valence-electron chi connectivity index (χ2n) is 6.86. The second-order valence-corrected chi connectivity index (χ2v) is 6.86. The summed E-state index contributed by atoms with van der Waals surface area (Å²) in [6.07, 6.45) is 0. The Labute approximate surface area is 186 Å². The Bertz CT molecular complexity index is 606. The van der Waals surface area contributed by atoms with E-state index in [2.05, 4.69) is 15.6 Å². The third-order valence-corrected chi connectivity index (χ3v) is 4.03. The first-order chi connectivity index (χ1) is 12.8. The van der Waals surface area contributed by atoms with Crippen LogP contribution in [0.4, 0.5) is 0 Å². The highest BCUT2D eigenvalue weighted by Gasteiger charge is 2.27. The normalized spacial score (nSPS) is 11.3. The lowest BCUT2D eigenvalue weighted by Crippen LogP contribution is -2.43. The molecule has 0 heterocycles. The van der Waals surface area contributed by atoms with E-state index in [1.54, 1.807) is 7.11 Å². The number of ether oxygens (including phenoxy) is 2. The van der Waals surface area contributed by atoms with Crippen LogP contribution in [-0.4, -0.2) is 63.7 Å². The second kappa shape index (κ2) is 13.5. The van der Waals surface area contributed by atoms with Crippen LogP contribution in [0.25, 0.3) is 0 Å². The van der Waals surface area contributed by atoms with Crippen molar-refractivity contribution in [1.29, 1.82) is 0 Å². The van der Waals surface area contributed by atoms with Crippen molar-refractivity contribution in [3.05, 3.63) is 24.3 Å². The molecule has 1 aromatic carbocycles. The molecule has 8 heteroatoms. The maximum absolute atomic E-state index is 12.1. The molecule has 0 aliphatic heterocycles. The van der Waals surface area contributed by atoms with Crippen molar-refractivity contribution in [2.75, 3.05) is 46.9 Å². The van der Waals surface area contributed by atoms with E-state index in [4.69, 9.17) is 9.47 Å². The number of hydrogen-bond donors (Lipinski definition) is 2. The van der Waals surface area contributed by atoms with Crippen LogP contribution < -0.4 is 20.1 Å². The van der Waals surface area contributed by atoms with E-state index < -0.39 is 5.41 Å². The van der Waals surface area contributed by atoms with Gasteiger partial charge in [0.15, 0.2) is 5.96 Å². The molecule has 0 aliphatic carbocycles. The summed E-state index contributed by atoms with van der Waals surface area (Å²) in [6.45, 7) is 10.7. The summed E-state index contributed by atoms with van der Waals surface area (Å²) in [7, 11) is 3.59. The van der Waals surface area contributed by atoms with Crippen molar-refractivity contribution < 1.29 is 14.3 Å². The maximum Gasteiger partial charge on any atom is 0.227 e. The smallest absolute Gasteiger partial charge is 0.227 e. The zero-order valence-corrected chi connectivity index (χ0v) is 20.2. The molecule has 0 aromatic heterocycles. The van der Waals surface area contributed by atoms with Crippen LogP contribution in [0.2, 0.25) is 0 Å². The van der Waals surface area contributed by atoms with Crippen LogP contribution >= 0.6 is 24.0 Å². The van der Waals surface area contributed by atoms with Crippen molar-refractivity contribution in [3.63, 3.8) is 0 Å². The molecular weight excluding hydrogens is 471 g/mol. The third-order valence-electron chi connectivity index (χ3n) is 4.03. The number of hydrogen-bond acceptors (Lipinski definition) is 4. The standard InChI is InChI=1S/C20H34N4O3.HI/c1-7-21-18(25)20(3,4)15-23-19(22-8-2)24(5)13-14-27-17-11-9-16(26-6)10-12-17;/h9-12H,7-8,13-15H2,1-6H3,(H,21,25)(H,22,23);1H. The molecule has 0 aliphatic rings. The van der Waals surface area contributed by atoms with Gasteiger partial charge in [0.05, 0.1) is 25.6 Å². The number of nitrogens with one attached hydrogen (secondary N) is 2. The van der Waals surface area contributed by atoms with Crippen molar-refractivity contribution in [2.45, 2.75) is 27.7 Å². The molecule has 1 rings (SSSR count). The Morgan fingerprint density at radius 3 is 2.21 bits per heavy atom. The van der Waals surface area contributed by atoms with Crippen molar-refractivity contribution in [3.8, 4) is 11.5 Å². The van der Waals surface area contributed by atoms with Gasteiger partial charge in [-0.3, -0.25) is 9.79 Å². The van der Waals surface area contributed by atoms with E-state index in [1.165, 1.54) is 0 Å². The van der Waals surface area contributed by atoms with Gasteiger partial charge in [-0.15, -0.1) is 24.0 Å². The highest BCUT2D eigenvalue weighted by molar-refractivity contribution is 14.0. The Balaban J connectivity index is 0.00000729. The number of carbonyl (C=O) groups is 1. The summed E-state index contributed by atoms with van der Waals surface area (Å²) < 4.78 is 10.9. The molecule has 0 saturated carbocycles. The van der Waals surface area contributed by atoms with Gasteiger partial charge in [0.1, 0.15) is 18.1 Å². The molecule has 0 atom stereocenters. The number of guanidine groups is 1. The van der Waals surface area contributed by atoms with Crippen LogP contribution in [0.5, 0.6) is 11.5 Å². The summed E-state index contributed by atoms with van der Waals surface area (Å²) in [5, 5.41) is 6.12. The summed E-state index contributed by atoms with van der Waals surface area (Å²) in [4.78, 5) is 18.8. The lowest BCUT2D eigenvalue weighted by atomic mass is 9.92. The molecule has 7 nitrogen and oxygen atoms in total. The van der Waals surface area contributed by atoms with Crippen LogP contribution in [0, 0.1) is 5.41 Å². The van der Waals surface area contributed by atoms with Gasteiger partial charge in [-0.25, -0.2) is 0 Å². The van der Waals surface area contributed by atoms with E-state index in [0.717, 1.165) is 24.0 Å². The van der Waals surface area contributed by atoms with Crippen LogP contribution in [-0.2, 0) is 4.79 Å². The minimum Gasteiger partial charge on any atom is -0.497 e. The molecule has 2 N–H and O–H groups in total. The fraction of sp³-hybridized carbons (Fsp3) is 0.600. The number of benzene rings is 1. The summed E-state index contributed by atoms with van der Waals surface area (Å²) in [6, 6.07) is 7.50. The Hall–Kier alpha value is -1.71. The fourth-order valence-corrected chi connectivity index (χ4v) is 2.29. The number of carbonyl (C=O) groups excluding carboxylic acids is 1. The molecule has 0 spiro atoms. The fourth-order valence-electron chi connectivity index (χ4n) is 2.29. The topological polar surface area (TPSA) is 75.2 Å². The predicted molar refractivity (Wildman–Crippen MR) is 125 cm³/mol. The number of amides is 1. The average Bonchev–Trinajstić information content (AvgIpc) is 2.65. The first-order valence-electron chi connectivity index (χ1n) is 9.38. The van der Waals surface area contributed by atoms with Gasteiger partial charge in [-0.2, -0.15) is 0 Å². The number of aliphatic imine (C=N–C) groups is 1. The quantitative estimate of drug-likeness (QED) is 0.290. The van der Waals surface area contributed by atoms with Crippen molar-refractivity contribution >= 4 is 35.8 Å². The zero-order valence-electron chi connectivity index (χ0n) is 17.9. The molecule has 0 saturated heterocycles. The first kappa shape index (κ1) is 26.3. The third kappa shape index (κ3) is 8.99. The SMILES string of the molecule is CCNC(=O)C(C)(C)CN=C(NCC)N(C)CCOc1ccc(OC)cc1.I. The average molecular weight is 506 g/mol. The molecule has 0 unspecified atom stereocenters. The first-order valence-corrected chi connectivity index (χ1v) is 9.38. The summed E-state index contributed by atoms with van der Waals surface area (Å²) in [5.74, 6) is 2.36.